The third-order valence-electron chi connectivity index (χ3n) is 6.60. The van der Waals surface area contributed by atoms with Gasteiger partial charge in [0, 0.05) is 28.3 Å². The molecule has 6 rings (SSSR count). The number of thioether (sulfide) groups is 1. The molecule has 4 aromatic rings. The van der Waals surface area contributed by atoms with E-state index in [-0.39, 0.29) is 28.8 Å². The number of aromatic nitrogens is 4. The van der Waals surface area contributed by atoms with E-state index in [1.807, 2.05) is 53.4 Å². The van der Waals surface area contributed by atoms with Crippen LogP contribution < -0.4 is 15.6 Å². The fourth-order valence-corrected chi connectivity index (χ4v) is 6.64. The summed E-state index contributed by atoms with van der Waals surface area (Å²) < 4.78 is 1.85. The molecule has 1 fully saturated rings. The minimum atomic E-state index is -1.21. The maximum Gasteiger partial charge on any atom is 0.352 e. The van der Waals surface area contributed by atoms with Crippen molar-refractivity contribution in [1.29, 1.82) is 0 Å². The van der Waals surface area contributed by atoms with Crippen LogP contribution in [0.1, 0.15) is 5.69 Å². The normalized spacial score (nSPS) is 18.7. The Morgan fingerprint density at radius 1 is 1.29 bits per heavy atom. The number of anilines is 1. The average Bonchev–Trinajstić information content (AvgIpc) is 3.60. The monoisotopic (exact) mass is 591 g/mol. The smallest absolute Gasteiger partial charge is 0.352 e. The molecule has 2 aliphatic rings. The van der Waals surface area contributed by atoms with Gasteiger partial charge in [0.25, 0.3) is 11.8 Å². The summed E-state index contributed by atoms with van der Waals surface area (Å²) in [5.41, 5.74) is 8.77. The molecule has 0 aliphatic carbocycles. The van der Waals surface area contributed by atoms with Crippen LogP contribution in [0.5, 0.6) is 0 Å². The van der Waals surface area contributed by atoms with Crippen LogP contribution in [0.4, 0.5) is 5.13 Å². The second kappa shape index (κ2) is 10.7. The van der Waals surface area contributed by atoms with Crippen LogP contribution in [0.25, 0.3) is 22.4 Å². The van der Waals surface area contributed by atoms with Crippen molar-refractivity contribution >= 4 is 62.8 Å². The zero-order valence-electron chi connectivity index (χ0n) is 21.5. The Kier molecular flexibility index (Phi) is 6.88. The Morgan fingerprint density at radius 3 is 2.80 bits per heavy atom. The second-order valence-electron chi connectivity index (χ2n) is 9.18. The van der Waals surface area contributed by atoms with E-state index in [0.717, 1.165) is 33.8 Å². The molecule has 0 spiro atoms. The predicted molar refractivity (Wildman–Crippen MR) is 151 cm³/mol. The number of rotatable bonds is 8. The first-order valence-electron chi connectivity index (χ1n) is 12.3. The fourth-order valence-electron chi connectivity index (χ4n) is 4.76. The molecule has 0 radical (unpaired) electrons. The Labute approximate surface area is 240 Å². The molecule has 2 amide bonds. The number of thiazole rings is 1. The van der Waals surface area contributed by atoms with Crippen LogP contribution in [0.2, 0.25) is 0 Å². The zero-order chi connectivity index (χ0) is 28.7. The molecular weight excluding hydrogens is 568 g/mol. The van der Waals surface area contributed by atoms with E-state index in [0.29, 0.717) is 11.3 Å². The number of nitrogens with one attached hydrogen (secondary N) is 2. The van der Waals surface area contributed by atoms with Gasteiger partial charge in [-0.3, -0.25) is 14.5 Å². The van der Waals surface area contributed by atoms with E-state index in [4.69, 9.17) is 10.6 Å². The zero-order valence-corrected chi connectivity index (χ0v) is 23.1. The Morgan fingerprint density at radius 2 is 2.10 bits per heavy atom. The van der Waals surface area contributed by atoms with Gasteiger partial charge in [0.05, 0.1) is 0 Å². The van der Waals surface area contributed by atoms with Gasteiger partial charge in [-0.2, -0.15) is 4.57 Å². The fraction of sp³-hybridized carbons (Fsp3) is 0.192. The second-order valence-corrected chi connectivity index (χ2v) is 11.2. The van der Waals surface area contributed by atoms with Crippen molar-refractivity contribution in [2.75, 3.05) is 18.6 Å². The summed E-state index contributed by atoms with van der Waals surface area (Å²) in [6.45, 7) is 0.258. The number of nitrogens with two attached hydrogens (primary N) is 1. The Hall–Kier alpha value is -4.76. The summed E-state index contributed by atoms with van der Waals surface area (Å²) in [6, 6.07) is 10.7. The number of nitrogen functional groups attached to an aromatic ring is 1. The van der Waals surface area contributed by atoms with Crippen molar-refractivity contribution in [3.63, 3.8) is 0 Å². The molecule has 0 bridgehead atoms. The van der Waals surface area contributed by atoms with Gasteiger partial charge in [0.15, 0.2) is 29.8 Å². The molecule has 3 aromatic heterocycles. The minimum absolute atomic E-state index is 0.0792. The molecule has 1 aromatic carbocycles. The van der Waals surface area contributed by atoms with Crippen LogP contribution in [0.15, 0.2) is 70.6 Å². The first-order valence-corrected chi connectivity index (χ1v) is 14.2. The van der Waals surface area contributed by atoms with E-state index in [9.17, 15) is 19.5 Å². The molecule has 1 saturated heterocycles. The van der Waals surface area contributed by atoms with Crippen LogP contribution >= 0.6 is 23.1 Å². The first kappa shape index (κ1) is 26.5. The number of carboxylic acids is 1. The number of hydrogen-bond acceptors (Lipinski definition) is 10. The minimum Gasteiger partial charge on any atom is -0.477 e. The number of aromatic amines is 1. The van der Waals surface area contributed by atoms with E-state index >= 15 is 0 Å². The maximum absolute atomic E-state index is 13.2. The van der Waals surface area contributed by atoms with Crippen molar-refractivity contribution in [2.45, 2.75) is 18.0 Å². The van der Waals surface area contributed by atoms with Crippen molar-refractivity contribution in [3.05, 3.63) is 71.1 Å². The average molecular weight is 592 g/mol. The van der Waals surface area contributed by atoms with Crippen LogP contribution in [0, 0.1) is 0 Å². The molecule has 0 saturated carbocycles. The van der Waals surface area contributed by atoms with Crippen LogP contribution in [0.3, 0.4) is 0 Å². The molecule has 5 heterocycles. The van der Waals surface area contributed by atoms with Gasteiger partial charge < -0.3 is 26.0 Å². The third-order valence-corrected chi connectivity index (χ3v) is 8.61. The van der Waals surface area contributed by atoms with Gasteiger partial charge in [-0.25, -0.2) is 14.8 Å². The number of hydrogen-bond donors (Lipinski definition) is 4. The molecule has 0 unspecified atom stereocenters. The molecular formula is C26H23N8O5S2+. The number of H-pyrrole nitrogens is 1. The number of carbonyl (C=O) groups is 3. The van der Waals surface area contributed by atoms with Crippen LogP contribution in [-0.2, 0) is 25.8 Å². The standard InChI is InChI=1S/C26H22N8O5S2/c1-39-32-18(17-12-41-26(27)30-17)22(35)31-19-23(36)34-20(25(37)38)14(11-40-24(19)34)9-33-8-7-15-16(10-33)29-21(28-15)13-5-3-2-4-6-13/h2-8,10,12,19,24H,9,11H2,1H3,(H4,27,30,31,35,37,38)/p+1/b32-18-/t19-,24-/m1/s1. The van der Waals surface area contributed by atoms with Crippen molar-refractivity contribution in [2.24, 2.45) is 5.16 Å². The number of oxime groups is 1. The van der Waals surface area contributed by atoms with E-state index in [1.54, 1.807) is 5.38 Å². The summed E-state index contributed by atoms with van der Waals surface area (Å²) in [5.74, 6) is -1.33. The highest BCUT2D eigenvalue weighted by Gasteiger charge is 2.54. The quantitative estimate of drug-likeness (QED) is 0.102. The number of carbonyl (C=O) groups excluding carboxylic acids is 2. The number of β-lactam (4-membered cyclic amide) rings is 1. The number of amides is 2. The number of carboxylic acid groups (broad SMARTS) is 1. The molecule has 5 N–H and O–H groups in total. The number of benzene rings is 1. The lowest BCUT2D eigenvalue weighted by Gasteiger charge is -2.49. The lowest BCUT2D eigenvalue weighted by molar-refractivity contribution is -0.687. The molecule has 13 nitrogen and oxygen atoms in total. The lowest BCUT2D eigenvalue weighted by atomic mass is 10.0. The van der Waals surface area contributed by atoms with Crippen molar-refractivity contribution in [3.8, 4) is 11.4 Å². The highest BCUT2D eigenvalue weighted by molar-refractivity contribution is 8.00. The van der Waals surface area contributed by atoms with Crippen molar-refractivity contribution < 1.29 is 28.9 Å². The highest BCUT2D eigenvalue weighted by atomic mass is 32.2. The highest BCUT2D eigenvalue weighted by Crippen LogP contribution is 2.40. The van der Waals surface area contributed by atoms with E-state index in [1.165, 1.54) is 23.8 Å². The SMILES string of the molecule is CO/N=C(\C(=O)N[C@@H]1C(=O)N2C(C(=O)O)=C(C[n+]3ccc4nc(-c5ccccc5)[nH]c4c3)CS[C@H]12)c1csc(N)n1. The van der Waals surface area contributed by atoms with Gasteiger partial charge >= 0.3 is 5.97 Å². The largest absolute Gasteiger partial charge is 0.477 e. The molecule has 2 atom stereocenters. The Bertz CT molecular complexity index is 1750. The van der Waals surface area contributed by atoms with Gasteiger partial charge in [-0.1, -0.05) is 35.5 Å². The topological polar surface area (TPSA) is 180 Å². The number of aliphatic carboxylic acids is 1. The Balaban J connectivity index is 1.21. The molecule has 15 heteroatoms. The van der Waals surface area contributed by atoms with Crippen LogP contribution in [-0.4, -0.2) is 72.7 Å². The summed E-state index contributed by atoms with van der Waals surface area (Å²) in [4.78, 5) is 56.5. The number of fused-ring (bicyclic) bond motifs is 2. The lowest BCUT2D eigenvalue weighted by Crippen LogP contribution is -2.71. The predicted octanol–water partition coefficient (Wildman–Crippen LogP) is 1.35. The first-order chi connectivity index (χ1) is 19.8. The summed E-state index contributed by atoms with van der Waals surface area (Å²) in [7, 11) is 1.28. The summed E-state index contributed by atoms with van der Waals surface area (Å²) in [5, 5.41) is 17.7. The van der Waals surface area contributed by atoms with Gasteiger partial charge in [0.2, 0.25) is 0 Å². The number of nitrogens with zero attached hydrogens (tertiary/aromatic N) is 5. The summed E-state index contributed by atoms with van der Waals surface area (Å²) >= 11 is 2.51. The number of imidazole rings is 1. The van der Waals surface area contributed by atoms with Gasteiger partial charge in [0.1, 0.15) is 46.8 Å². The third kappa shape index (κ3) is 4.89. The number of pyridine rings is 1. The van der Waals surface area contributed by atoms with Gasteiger partial charge in [-0.15, -0.1) is 23.1 Å². The molecule has 2 aliphatic heterocycles. The van der Waals surface area contributed by atoms with Crippen molar-refractivity contribution in [1.82, 2.24) is 25.2 Å². The molecule has 41 heavy (non-hydrogen) atoms. The summed E-state index contributed by atoms with van der Waals surface area (Å²) in [6.07, 6.45) is 3.69. The molecule has 208 valence electrons. The van der Waals surface area contributed by atoms with Gasteiger partial charge in [-0.05, 0) is 0 Å². The van der Waals surface area contributed by atoms with E-state index in [2.05, 4.69) is 25.4 Å². The maximum atomic E-state index is 13.2. The van der Waals surface area contributed by atoms with E-state index < -0.39 is 29.2 Å².